The van der Waals surface area contributed by atoms with Gasteiger partial charge in [-0.1, -0.05) is 19.1 Å². The molecule has 1 aromatic carbocycles. The standard InChI is InChI=1S/C15H22N2O3S/c1-2-16-21(19,20)15-6-4-3-5-14(15)17-11-7-8-12(17)10-13(18)9-11/h3-6,11-13,16,18H,2,7-10H2,1H3. The summed E-state index contributed by atoms with van der Waals surface area (Å²) < 4.78 is 27.4. The van der Waals surface area contributed by atoms with Gasteiger partial charge in [-0.05, 0) is 37.8 Å². The van der Waals surface area contributed by atoms with Gasteiger partial charge in [0.1, 0.15) is 4.90 Å². The Morgan fingerprint density at radius 1 is 1.24 bits per heavy atom. The zero-order valence-electron chi connectivity index (χ0n) is 12.2. The molecule has 2 unspecified atom stereocenters. The molecular formula is C15H22N2O3S. The number of para-hydroxylation sites is 1. The second-order valence-corrected chi connectivity index (χ2v) is 7.62. The van der Waals surface area contributed by atoms with Crippen molar-refractivity contribution in [1.82, 2.24) is 4.72 Å². The number of aliphatic hydroxyl groups is 1. The minimum atomic E-state index is -3.48. The van der Waals surface area contributed by atoms with Crippen LogP contribution in [0.4, 0.5) is 5.69 Å². The van der Waals surface area contributed by atoms with Crippen LogP contribution in [0.25, 0.3) is 0 Å². The van der Waals surface area contributed by atoms with Crippen LogP contribution in [-0.4, -0.2) is 38.3 Å². The van der Waals surface area contributed by atoms with Crippen molar-refractivity contribution >= 4 is 15.7 Å². The third-order valence-corrected chi connectivity index (χ3v) is 6.07. The smallest absolute Gasteiger partial charge is 0.242 e. The van der Waals surface area contributed by atoms with Gasteiger partial charge in [0.15, 0.2) is 0 Å². The number of hydrogen-bond donors (Lipinski definition) is 2. The summed E-state index contributed by atoms with van der Waals surface area (Å²) in [5.74, 6) is 0. The van der Waals surface area contributed by atoms with Crippen LogP contribution in [0, 0.1) is 0 Å². The second kappa shape index (κ2) is 5.59. The minimum absolute atomic E-state index is 0.247. The molecule has 2 aliphatic rings. The highest BCUT2D eigenvalue weighted by molar-refractivity contribution is 7.89. The van der Waals surface area contributed by atoms with Gasteiger partial charge in [-0.25, -0.2) is 13.1 Å². The minimum Gasteiger partial charge on any atom is -0.393 e. The largest absolute Gasteiger partial charge is 0.393 e. The van der Waals surface area contributed by atoms with Crippen molar-refractivity contribution in [3.63, 3.8) is 0 Å². The lowest BCUT2D eigenvalue weighted by molar-refractivity contribution is 0.126. The number of sulfonamides is 1. The van der Waals surface area contributed by atoms with Crippen LogP contribution in [0.2, 0.25) is 0 Å². The van der Waals surface area contributed by atoms with E-state index < -0.39 is 10.0 Å². The highest BCUT2D eigenvalue weighted by Crippen LogP contribution is 2.41. The van der Waals surface area contributed by atoms with E-state index in [1.54, 1.807) is 19.1 Å². The molecule has 2 heterocycles. The first-order valence-corrected chi connectivity index (χ1v) is 9.06. The number of nitrogens with one attached hydrogen (secondary N) is 1. The van der Waals surface area contributed by atoms with E-state index in [1.807, 2.05) is 12.1 Å². The topological polar surface area (TPSA) is 69.6 Å². The maximum Gasteiger partial charge on any atom is 0.242 e. The first-order chi connectivity index (χ1) is 10.0. The van der Waals surface area contributed by atoms with Crippen LogP contribution in [0.15, 0.2) is 29.2 Å². The summed E-state index contributed by atoms with van der Waals surface area (Å²) in [5, 5.41) is 9.91. The average molecular weight is 310 g/mol. The maximum atomic E-state index is 12.4. The van der Waals surface area contributed by atoms with E-state index in [0.29, 0.717) is 11.4 Å². The Bertz CT molecular complexity index is 603. The summed E-state index contributed by atoms with van der Waals surface area (Å²) in [6, 6.07) is 7.68. The lowest BCUT2D eigenvalue weighted by Gasteiger charge is -2.39. The van der Waals surface area contributed by atoms with Gasteiger partial charge >= 0.3 is 0 Å². The van der Waals surface area contributed by atoms with Crippen LogP contribution in [-0.2, 0) is 10.0 Å². The summed E-state index contributed by atoms with van der Waals surface area (Å²) in [7, 11) is -3.48. The lowest BCUT2D eigenvalue weighted by Crippen LogP contribution is -2.45. The number of aliphatic hydroxyl groups excluding tert-OH is 1. The molecule has 2 saturated heterocycles. The first kappa shape index (κ1) is 14.8. The van der Waals surface area contributed by atoms with Crippen LogP contribution < -0.4 is 9.62 Å². The SMILES string of the molecule is CCNS(=O)(=O)c1ccccc1N1C2CCC1CC(O)C2. The van der Waals surface area contributed by atoms with Crippen molar-refractivity contribution in [3.8, 4) is 0 Å². The normalized spacial score (nSPS) is 28.9. The fraction of sp³-hybridized carbons (Fsp3) is 0.600. The van der Waals surface area contributed by atoms with E-state index in [-0.39, 0.29) is 18.2 Å². The Balaban J connectivity index is 2.01. The molecule has 116 valence electrons. The summed E-state index contributed by atoms with van der Waals surface area (Å²) in [4.78, 5) is 2.57. The van der Waals surface area contributed by atoms with Crippen molar-refractivity contribution in [2.24, 2.45) is 0 Å². The van der Waals surface area contributed by atoms with E-state index in [2.05, 4.69) is 9.62 Å². The van der Waals surface area contributed by atoms with E-state index in [4.69, 9.17) is 0 Å². The van der Waals surface area contributed by atoms with Crippen LogP contribution >= 0.6 is 0 Å². The third-order valence-electron chi connectivity index (χ3n) is 4.48. The van der Waals surface area contributed by atoms with E-state index in [9.17, 15) is 13.5 Å². The molecule has 0 aromatic heterocycles. The second-order valence-electron chi connectivity index (χ2n) is 5.89. The molecule has 0 saturated carbocycles. The molecule has 6 heteroatoms. The van der Waals surface area contributed by atoms with Gasteiger partial charge < -0.3 is 10.0 Å². The van der Waals surface area contributed by atoms with E-state index in [0.717, 1.165) is 31.4 Å². The Labute approximate surface area is 126 Å². The number of fused-ring (bicyclic) bond motifs is 2. The van der Waals surface area contributed by atoms with Gasteiger partial charge in [-0.3, -0.25) is 0 Å². The molecule has 2 atom stereocenters. The Morgan fingerprint density at radius 3 is 2.48 bits per heavy atom. The molecule has 21 heavy (non-hydrogen) atoms. The summed E-state index contributed by atoms with van der Waals surface area (Å²) in [6.07, 6.45) is 3.25. The van der Waals surface area contributed by atoms with Gasteiger partial charge in [0.05, 0.1) is 11.8 Å². The number of anilines is 1. The maximum absolute atomic E-state index is 12.4. The molecular weight excluding hydrogens is 288 g/mol. The van der Waals surface area contributed by atoms with E-state index in [1.165, 1.54) is 0 Å². The van der Waals surface area contributed by atoms with Crippen molar-refractivity contribution in [1.29, 1.82) is 0 Å². The number of piperidine rings is 1. The molecule has 2 fully saturated rings. The zero-order valence-corrected chi connectivity index (χ0v) is 13.0. The van der Waals surface area contributed by atoms with Gasteiger partial charge in [0, 0.05) is 18.6 Å². The fourth-order valence-corrected chi connectivity index (χ4v) is 4.95. The predicted molar refractivity (Wildman–Crippen MR) is 81.8 cm³/mol. The number of hydrogen-bond acceptors (Lipinski definition) is 4. The molecule has 2 N–H and O–H groups in total. The number of nitrogens with zero attached hydrogens (tertiary/aromatic N) is 1. The molecule has 0 aliphatic carbocycles. The molecule has 0 spiro atoms. The Morgan fingerprint density at radius 2 is 1.86 bits per heavy atom. The molecule has 5 nitrogen and oxygen atoms in total. The first-order valence-electron chi connectivity index (χ1n) is 7.58. The van der Waals surface area contributed by atoms with Gasteiger partial charge in [-0.15, -0.1) is 0 Å². The average Bonchev–Trinajstić information content (AvgIpc) is 2.71. The molecule has 3 rings (SSSR count). The van der Waals surface area contributed by atoms with Crippen LogP contribution in [0.3, 0.4) is 0 Å². The summed E-state index contributed by atoms with van der Waals surface area (Å²) in [6.45, 7) is 2.16. The molecule has 1 aromatic rings. The zero-order chi connectivity index (χ0) is 15.0. The van der Waals surface area contributed by atoms with Crippen LogP contribution in [0.5, 0.6) is 0 Å². The molecule has 0 amide bonds. The highest BCUT2D eigenvalue weighted by atomic mass is 32.2. The van der Waals surface area contributed by atoms with Gasteiger partial charge in [0.2, 0.25) is 10.0 Å². The van der Waals surface area contributed by atoms with Gasteiger partial charge in [-0.2, -0.15) is 0 Å². The predicted octanol–water partition coefficient (Wildman–Crippen LogP) is 1.48. The van der Waals surface area contributed by atoms with Crippen molar-refractivity contribution in [3.05, 3.63) is 24.3 Å². The Kier molecular flexibility index (Phi) is 3.94. The fourth-order valence-electron chi connectivity index (χ4n) is 3.71. The van der Waals surface area contributed by atoms with Crippen molar-refractivity contribution < 1.29 is 13.5 Å². The van der Waals surface area contributed by atoms with Gasteiger partial charge in [0.25, 0.3) is 0 Å². The van der Waals surface area contributed by atoms with Crippen LogP contribution in [0.1, 0.15) is 32.6 Å². The van der Waals surface area contributed by atoms with Crippen molar-refractivity contribution in [2.45, 2.75) is 55.7 Å². The van der Waals surface area contributed by atoms with E-state index >= 15 is 0 Å². The molecule has 2 aliphatic heterocycles. The Hall–Kier alpha value is -1.11. The molecule has 2 bridgehead atoms. The van der Waals surface area contributed by atoms with Crippen molar-refractivity contribution in [2.75, 3.05) is 11.4 Å². The quantitative estimate of drug-likeness (QED) is 0.884. The monoisotopic (exact) mass is 310 g/mol. The highest BCUT2D eigenvalue weighted by Gasteiger charge is 2.41. The summed E-state index contributed by atoms with van der Waals surface area (Å²) in [5.41, 5.74) is 0.776. The lowest BCUT2D eigenvalue weighted by atomic mass is 9.99. The third kappa shape index (κ3) is 2.67. The molecule has 0 radical (unpaired) electrons. The number of benzene rings is 1. The summed E-state index contributed by atoms with van der Waals surface area (Å²) >= 11 is 0. The number of rotatable bonds is 4.